The topological polar surface area (TPSA) is 12.0 Å². The van der Waals surface area contributed by atoms with Crippen LogP contribution in [-0.2, 0) is 0 Å². The smallest absolute Gasteiger partial charge is 0.134 e. The Bertz CT molecular complexity index is 512. The number of hydrogen-bond donors (Lipinski definition) is 1. The van der Waals surface area contributed by atoms with Crippen LogP contribution in [0.2, 0.25) is 0 Å². The maximum atomic E-state index is 13.7. The van der Waals surface area contributed by atoms with E-state index >= 15 is 0 Å². The maximum Gasteiger partial charge on any atom is 0.134 e. The molecule has 2 aromatic rings. The quantitative estimate of drug-likeness (QED) is 0.867. The minimum atomic E-state index is -0.513. The molecule has 1 nitrogen and oxygen atoms in total. The van der Waals surface area contributed by atoms with Gasteiger partial charge in [-0.1, -0.05) is 13.0 Å². The first-order valence-corrected chi connectivity index (χ1v) is 6.70. The molecule has 1 atom stereocenters. The molecule has 1 heterocycles. The molecule has 0 fully saturated rings. The number of halogens is 2. The summed E-state index contributed by atoms with van der Waals surface area (Å²) in [6.45, 7) is 2.07. The fourth-order valence-corrected chi connectivity index (χ4v) is 3.21. The Balaban J connectivity index is 2.41. The van der Waals surface area contributed by atoms with Gasteiger partial charge in [0.25, 0.3) is 0 Å². The predicted molar refractivity (Wildman–Crippen MR) is 71.8 cm³/mol. The highest BCUT2D eigenvalue weighted by Gasteiger charge is 2.15. The molecule has 96 valence electrons. The van der Waals surface area contributed by atoms with Gasteiger partial charge in [0.15, 0.2) is 0 Å². The van der Waals surface area contributed by atoms with Gasteiger partial charge in [0.1, 0.15) is 11.6 Å². The van der Waals surface area contributed by atoms with E-state index in [-0.39, 0.29) is 11.6 Å². The Labute approximate surface area is 109 Å². The van der Waals surface area contributed by atoms with Gasteiger partial charge in [-0.2, -0.15) is 0 Å². The van der Waals surface area contributed by atoms with E-state index in [1.165, 1.54) is 29.5 Å². The van der Waals surface area contributed by atoms with E-state index in [0.717, 1.165) is 11.3 Å². The molecule has 2 rings (SSSR count). The second kappa shape index (κ2) is 5.59. The van der Waals surface area contributed by atoms with E-state index in [4.69, 9.17) is 0 Å². The SMILES string of the molecule is CCC(NC)c1ccc(-c2c(F)cccc2F)s1. The number of nitrogens with one attached hydrogen (secondary N) is 1. The lowest BCUT2D eigenvalue weighted by atomic mass is 10.1. The van der Waals surface area contributed by atoms with Gasteiger partial charge in [0.2, 0.25) is 0 Å². The van der Waals surface area contributed by atoms with E-state index in [0.29, 0.717) is 4.88 Å². The molecule has 18 heavy (non-hydrogen) atoms. The lowest BCUT2D eigenvalue weighted by Crippen LogP contribution is -2.13. The third-order valence-corrected chi connectivity index (χ3v) is 4.15. The average Bonchev–Trinajstić information content (AvgIpc) is 2.80. The van der Waals surface area contributed by atoms with Crippen molar-refractivity contribution >= 4 is 11.3 Å². The van der Waals surface area contributed by atoms with Crippen LogP contribution in [0.25, 0.3) is 10.4 Å². The van der Waals surface area contributed by atoms with E-state index in [9.17, 15) is 8.78 Å². The van der Waals surface area contributed by atoms with Crippen LogP contribution in [0.5, 0.6) is 0 Å². The minimum Gasteiger partial charge on any atom is -0.312 e. The van der Waals surface area contributed by atoms with Crippen molar-refractivity contribution in [2.45, 2.75) is 19.4 Å². The van der Waals surface area contributed by atoms with Crippen molar-refractivity contribution in [2.24, 2.45) is 0 Å². The lowest BCUT2D eigenvalue weighted by molar-refractivity contribution is 0.586. The summed E-state index contributed by atoms with van der Waals surface area (Å²) in [6.07, 6.45) is 0.941. The maximum absolute atomic E-state index is 13.7. The number of thiophene rings is 1. The molecule has 0 aliphatic carbocycles. The molecule has 0 spiro atoms. The molecule has 4 heteroatoms. The van der Waals surface area contributed by atoms with Crippen LogP contribution in [0.3, 0.4) is 0 Å². The van der Waals surface area contributed by atoms with Gasteiger partial charge < -0.3 is 5.32 Å². The molecule has 0 amide bonds. The lowest BCUT2D eigenvalue weighted by Gasteiger charge is -2.10. The van der Waals surface area contributed by atoms with Crippen molar-refractivity contribution in [3.63, 3.8) is 0 Å². The molecule has 0 aliphatic rings. The Morgan fingerprint density at radius 1 is 1.17 bits per heavy atom. The van der Waals surface area contributed by atoms with Gasteiger partial charge in [0, 0.05) is 15.8 Å². The van der Waals surface area contributed by atoms with Crippen LogP contribution in [0, 0.1) is 11.6 Å². The zero-order valence-electron chi connectivity index (χ0n) is 10.3. The first-order valence-electron chi connectivity index (χ1n) is 5.88. The Morgan fingerprint density at radius 3 is 2.39 bits per heavy atom. The molecule has 1 N–H and O–H groups in total. The molecule has 0 saturated heterocycles. The van der Waals surface area contributed by atoms with Crippen molar-refractivity contribution in [1.82, 2.24) is 5.32 Å². The third kappa shape index (κ3) is 2.44. The molecule has 0 aliphatic heterocycles. The van der Waals surface area contributed by atoms with Crippen LogP contribution in [0.1, 0.15) is 24.3 Å². The summed E-state index contributed by atoms with van der Waals surface area (Å²) >= 11 is 1.43. The molecule has 0 radical (unpaired) electrons. The first kappa shape index (κ1) is 13.2. The summed E-state index contributed by atoms with van der Waals surface area (Å²) in [7, 11) is 1.89. The van der Waals surface area contributed by atoms with E-state index < -0.39 is 11.6 Å². The summed E-state index contributed by atoms with van der Waals surface area (Å²) in [5.74, 6) is -1.03. The standard InChI is InChI=1S/C14H15F2NS/c1-3-11(17-2)12-7-8-13(18-12)14-9(15)5-4-6-10(14)16/h4-8,11,17H,3H2,1-2H3. The van der Waals surface area contributed by atoms with E-state index in [2.05, 4.69) is 12.2 Å². The summed E-state index contributed by atoms with van der Waals surface area (Å²) < 4.78 is 27.3. The summed E-state index contributed by atoms with van der Waals surface area (Å²) in [5, 5.41) is 3.18. The summed E-state index contributed by atoms with van der Waals surface area (Å²) in [6, 6.07) is 7.89. The van der Waals surface area contributed by atoms with Gasteiger partial charge in [-0.25, -0.2) is 8.78 Å². The van der Waals surface area contributed by atoms with Crippen LogP contribution < -0.4 is 5.32 Å². The van der Waals surface area contributed by atoms with Gasteiger partial charge in [-0.15, -0.1) is 11.3 Å². The fraction of sp³-hybridized carbons (Fsp3) is 0.286. The van der Waals surface area contributed by atoms with Gasteiger partial charge >= 0.3 is 0 Å². The minimum absolute atomic E-state index is 0.0692. The highest BCUT2D eigenvalue weighted by atomic mass is 32.1. The second-order valence-corrected chi connectivity index (χ2v) is 5.16. The first-order chi connectivity index (χ1) is 8.67. The summed E-state index contributed by atoms with van der Waals surface area (Å²) in [4.78, 5) is 1.73. The van der Waals surface area contributed by atoms with Crippen molar-refractivity contribution in [3.05, 3.63) is 46.8 Å². The molecular weight excluding hydrogens is 252 g/mol. The molecule has 1 aromatic carbocycles. The highest BCUT2D eigenvalue weighted by molar-refractivity contribution is 7.15. The van der Waals surface area contributed by atoms with Gasteiger partial charge in [-0.3, -0.25) is 0 Å². The molecule has 1 aromatic heterocycles. The van der Waals surface area contributed by atoms with Crippen LogP contribution in [0.4, 0.5) is 8.78 Å². The van der Waals surface area contributed by atoms with Gasteiger partial charge in [0.05, 0.1) is 5.56 Å². The average molecular weight is 267 g/mol. The van der Waals surface area contributed by atoms with Crippen molar-refractivity contribution in [3.8, 4) is 10.4 Å². The Hall–Kier alpha value is -1.26. The molecular formula is C14H15F2NS. The number of rotatable bonds is 4. The zero-order chi connectivity index (χ0) is 13.1. The Kier molecular flexibility index (Phi) is 4.09. The predicted octanol–water partition coefficient (Wildman–Crippen LogP) is 4.36. The van der Waals surface area contributed by atoms with Gasteiger partial charge in [-0.05, 0) is 37.7 Å². The monoisotopic (exact) mass is 267 g/mol. The third-order valence-electron chi connectivity index (χ3n) is 2.94. The number of hydrogen-bond acceptors (Lipinski definition) is 2. The molecule has 0 saturated carbocycles. The molecule has 0 bridgehead atoms. The second-order valence-electron chi connectivity index (χ2n) is 4.05. The molecule has 1 unspecified atom stereocenters. The van der Waals surface area contributed by atoms with E-state index in [1.807, 2.05) is 13.1 Å². The largest absolute Gasteiger partial charge is 0.312 e. The van der Waals surface area contributed by atoms with E-state index in [1.54, 1.807) is 6.07 Å². The van der Waals surface area contributed by atoms with Crippen LogP contribution >= 0.6 is 11.3 Å². The van der Waals surface area contributed by atoms with Crippen molar-refractivity contribution in [1.29, 1.82) is 0 Å². The number of benzene rings is 1. The van der Waals surface area contributed by atoms with Crippen LogP contribution in [-0.4, -0.2) is 7.05 Å². The van der Waals surface area contributed by atoms with Crippen molar-refractivity contribution < 1.29 is 8.78 Å². The fourth-order valence-electron chi connectivity index (χ4n) is 1.96. The zero-order valence-corrected chi connectivity index (χ0v) is 11.2. The summed E-state index contributed by atoms with van der Waals surface area (Å²) in [5.41, 5.74) is 0.0692. The Morgan fingerprint density at radius 2 is 1.83 bits per heavy atom. The van der Waals surface area contributed by atoms with Crippen LogP contribution in [0.15, 0.2) is 30.3 Å². The highest BCUT2D eigenvalue weighted by Crippen LogP contribution is 2.35. The normalized spacial score (nSPS) is 12.7. The van der Waals surface area contributed by atoms with Crippen molar-refractivity contribution in [2.75, 3.05) is 7.05 Å².